The van der Waals surface area contributed by atoms with Crippen molar-refractivity contribution in [2.75, 3.05) is 12.9 Å². The number of nitrogens with zero attached hydrogens (tertiary/aromatic N) is 2. The number of aryl methyl sites for hydroxylation is 1. The fourth-order valence-corrected chi connectivity index (χ4v) is 2.93. The van der Waals surface area contributed by atoms with Gasteiger partial charge >= 0.3 is 6.61 Å². The van der Waals surface area contributed by atoms with E-state index < -0.39 is 6.61 Å². The van der Waals surface area contributed by atoms with Gasteiger partial charge in [-0.3, -0.25) is 4.79 Å². The lowest BCUT2D eigenvalue weighted by molar-refractivity contribution is -0.118. The Balaban J connectivity index is 1.86. The number of carbonyl (C=O) groups excluding carboxylic acids is 1. The van der Waals surface area contributed by atoms with Crippen molar-refractivity contribution in [3.63, 3.8) is 0 Å². The smallest absolute Gasteiger partial charge is 0.387 e. The summed E-state index contributed by atoms with van der Waals surface area (Å²) in [5, 5.41) is 3.55. The number of thioether (sulfide) groups is 1. The van der Waals surface area contributed by atoms with E-state index in [2.05, 4.69) is 15.0 Å². The number of ether oxygens (including phenoxy) is 2. The van der Waals surface area contributed by atoms with Crippen molar-refractivity contribution in [2.45, 2.75) is 31.8 Å². The number of methoxy groups -OCH3 is 1. The number of alkyl halides is 2. The molecule has 2 aromatic rings. The molecule has 1 amide bonds. The summed E-state index contributed by atoms with van der Waals surface area (Å²) in [6.45, 7) is 0.122. The largest absolute Gasteiger partial charge is 0.493 e. The number of benzene rings is 1. The van der Waals surface area contributed by atoms with E-state index in [1.165, 1.54) is 24.9 Å². The summed E-state index contributed by atoms with van der Waals surface area (Å²) < 4.78 is 35.9. The third-order valence-corrected chi connectivity index (χ3v) is 4.29. The maximum absolute atomic E-state index is 12.3. The number of imidazole rings is 1. The summed E-state index contributed by atoms with van der Waals surface area (Å²) in [5.41, 5.74) is 0.715. The molecule has 0 aliphatic rings. The van der Waals surface area contributed by atoms with Crippen LogP contribution in [0.4, 0.5) is 8.78 Å². The molecule has 2 rings (SSSR count). The van der Waals surface area contributed by atoms with Gasteiger partial charge in [-0.1, -0.05) is 17.8 Å². The van der Waals surface area contributed by atoms with Crippen LogP contribution in [0.1, 0.15) is 12.5 Å². The highest BCUT2D eigenvalue weighted by Gasteiger charge is 2.12. The highest BCUT2D eigenvalue weighted by molar-refractivity contribution is 7.99. The fourth-order valence-electron chi connectivity index (χ4n) is 2.07. The maximum Gasteiger partial charge on any atom is 0.387 e. The van der Waals surface area contributed by atoms with Crippen LogP contribution in [0.2, 0.25) is 0 Å². The first-order valence-electron chi connectivity index (χ1n) is 7.55. The summed E-state index contributed by atoms with van der Waals surface area (Å²) in [7, 11) is 1.36. The average Bonchev–Trinajstić information content (AvgIpc) is 3.06. The van der Waals surface area contributed by atoms with Gasteiger partial charge in [-0.15, -0.1) is 0 Å². The van der Waals surface area contributed by atoms with Crippen LogP contribution in [0.25, 0.3) is 0 Å². The number of amides is 1. The third-order valence-electron chi connectivity index (χ3n) is 3.28. The molecule has 0 spiro atoms. The van der Waals surface area contributed by atoms with Gasteiger partial charge in [0.1, 0.15) is 0 Å². The number of rotatable bonds is 9. The van der Waals surface area contributed by atoms with E-state index in [4.69, 9.17) is 4.74 Å². The van der Waals surface area contributed by atoms with E-state index in [1.807, 2.05) is 17.7 Å². The number of carbonyl (C=O) groups is 1. The Morgan fingerprint density at radius 3 is 2.88 bits per heavy atom. The van der Waals surface area contributed by atoms with Crippen molar-refractivity contribution in [1.29, 1.82) is 0 Å². The summed E-state index contributed by atoms with van der Waals surface area (Å²) in [4.78, 5) is 16.1. The fraction of sp³-hybridized carbons (Fsp3) is 0.375. The first-order valence-corrected chi connectivity index (χ1v) is 8.54. The lowest BCUT2D eigenvalue weighted by atomic mass is 10.2. The number of nitrogens with one attached hydrogen (secondary N) is 1. The van der Waals surface area contributed by atoms with E-state index in [0.29, 0.717) is 5.56 Å². The van der Waals surface area contributed by atoms with Crippen molar-refractivity contribution < 1.29 is 23.0 Å². The SMILES string of the molecule is CCn1ccnc1SCC(=O)NCc1ccc(OC(F)F)c(OC)c1. The molecule has 6 nitrogen and oxygen atoms in total. The van der Waals surface area contributed by atoms with Crippen LogP contribution in [0.3, 0.4) is 0 Å². The van der Waals surface area contributed by atoms with Crippen LogP contribution < -0.4 is 14.8 Å². The molecule has 0 bridgehead atoms. The molecular weight excluding hydrogens is 352 g/mol. The van der Waals surface area contributed by atoms with Crippen LogP contribution >= 0.6 is 11.8 Å². The normalized spacial score (nSPS) is 10.8. The van der Waals surface area contributed by atoms with Crippen LogP contribution in [0, 0.1) is 0 Å². The molecular formula is C16H19F2N3O3S. The minimum absolute atomic E-state index is 0.0467. The highest BCUT2D eigenvalue weighted by atomic mass is 32.2. The molecule has 0 radical (unpaired) electrons. The summed E-state index contributed by atoms with van der Waals surface area (Å²) in [5.74, 6) is 0.226. The molecule has 25 heavy (non-hydrogen) atoms. The Kier molecular flexibility index (Phi) is 7.05. The minimum Gasteiger partial charge on any atom is -0.493 e. The van der Waals surface area contributed by atoms with Gasteiger partial charge in [-0.2, -0.15) is 8.78 Å². The lowest BCUT2D eigenvalue weighted by Crippen LogP contribution is -2.24. The van der Waals surface area contributed by atoms with Gasteiger partial charge in [-0.25, -0.2) is 4.98 Å². The first-order chi connectivity index (χ1) is 12.0. The Labute approximate surface area is 148 Å². The van der Waals surface area contributed by atoms with Crippen LogP contribution in [-0.2, 0) is 17.9 Å². The maximum atomic E-state index is 12.3. The number of hydrogen-bond donors (Lipinski definition) is 1. The van der Waals surface area contributed by atoms with E-state index in [9.17, 15) is 13.6 Å². The van der Waals surface area contributed by atoms with Crippen molar-refractivity contribution in [2.24, 2.45) is 0 Å². The van der Waals surface area contributed by atoms with E-state index in [0.717, 1.165) is 11.7 Å². The molecule has 1 aromatic heterocycles. The first kappa shape index (κ1) is 19.0. The topological polar surface area (TPSA) is 65.4 Å². The van der Waals surface area contributed by atoms with Gasteiger partial charge in [-0.05, 0) is 24.6 Å². The van der Waals surface area contributed by atoms with Gasteiger partial charge in [0, 0.05) is 25.5 Å². The molecule has 0 unspecified atom stereocenters. The Bertz CT molecular complexity index is 710. The molecule has 0 fully saturated rings. The zero-order valence-electron chi connectivity index (χ0n) is 13.9. The molecule has 0 saturated heterocycles. The molecule has 1 N–H and O–H groups in total. The summed E-state index contributed by atoms with van der Waals surface area (Å²) in [6.07, 6.45) is 3.55. The lowest BCUT2D eigenvalue weighted by Gasteiger charge is -2.12. The van der Waals surface area contributed by atoms with Gasteiger partial charge in [0.2, 0.25) is 5.91 Å². The van der Waals surface area contributed by atoms with Gasteiger partial charge in [0.25, 0.3) is 0 Å². The van der Waals surface area contributed by atoms with Crippen molar-refractivity contribution in [3.05, 3.63) is 36.2 Å². The highest BCUT2D eigenvalue weighted by Crippen LogP contribution is 2.29. The van der Waals surface area contributed by atoms with E-state index in [-0.39, 0.29) is 29.7 Å². The van der Waals surface area contributed by atoms with Gasteiger partial charge < -0.3 is 19.4 Å². The zero-order chi connectivity index (χ0) is 18.2. The van der Waals surface area contributed by atoms with E-state index in [1.54, 1.807) is 18.3 Å². The number of hydrogen-bond acceptors (Lipinski definition) is 5. The average molecular weight is 371 g/mol. The third kappa shape index (κ3) is 5.63. The molecule has 0 aliphatic heterocycles. The molecule has 0 saturated carbocycles. The predicted molar refractivity (Wildman–Crippen MR) is 90.1 cm³/mol. The van der Waals surface area contributed by atoms with Crippen LogP contribution in [-0.4, -0.2) is 34.9 Å². The minimum atomic E-state index is -2.92. The molecule has 136 valence electrons. The Hall–Kier alpha value is -2.29. The molecule has 9 heteroatoms. The Morgan fingerprint density at radius 1 is 1.40 bits per heavy atom. The Morgan fingerprint density at radius 2 is 2.20 bits per heavy atom. The van der Waals surface area contributed by atoms with Crippen molar-refractivity contribution in [3.8, 4) is 11.5 Å². The summed E-state index contributed by atoms with van der Waals surface area (Å²) in [6, 6.07) is 4.53. The second-order valence-electron chi connectivity index (χ2n) is 4.92. The second kappa shape index (κ2) is 9.26. The quantitative estimate of drug-likeness (QED) is 0.687. The van der Waals surface area contributed by atoms with Gasteiger partial charge in [0.05, 0.1) is 12.9 Å². The molecule has 0 atom stereocenters. The van der Waals surface area contributed by atoms with Crippen molar-refractivity contribution in [1.82, 2.24) is 14.9 Å². The van der Waals surface area contributed by atoms with Crippen LogP contribution in [0.15, 0.2) is 35.7 Å². The predicted octanol–water partition coefficient (Wildman–Crippen LogP) is 2.92. The second-order valence-corrected chi connectivity index (χ2v) is 5.87. The van der Waals surface area contributed by atoms with Gasteiger partial charge in [0.15, 0.2) is 16.7 Å². The molecule has 1 heterocycles. The molecule has 1 aromatic carbocycles. The molecule has 0 aliphatic carbocycles. The zero-order valence-corrected chi connectivity index (χ0v) is 14.7. The van der Waals surface area contributed by atoms with Crippen LogP contribution in [0.5, 0.6) is 11.5 Å². The van der Waals surface area contributed by atoms with E-state index >= 15 is 0 Å². The number of halogens is 2. The monoisotopic (exact) mass is 371 g/mol. The standard InChI is InChI=1S/C16H19F2N3O3S/c1-3-21-7-6-19-16(21)25-10-14(22)20-9-11-4-5-12(24-15(17)18)13(8-11)23-2/h4-8,15H,3,9-10H2,1-2H3,(H,20,22). The number of aromatic nitrogens is 2. The summed E-state index contributed by atoms with van der Waals surface area (Å²) >= 11 is 1.35. The van der Waals surface area contributed by atoms with Crippen molar-refractivity contribution >= 4 is 17.7 Å².